The van der Waals surface area contributed by atoms with Crippen molar-refractivity contribution in [3.63, 3.8) is 0 Å². The van der Waals surface area contributed by atoms with Crippen LogP contribution in [0.1, 0.15) is 91.9 Å². The molecule has 0 bridgehead atoms. The Morgan fingerprint density at radius 2 is 1.78 bits per heavy atom. The second-order valence-electron chi connectivity index (χ2n) is 13.8. The first kappa shape index (κ1) is 29.2. The lowest BCUT2D eigenvalue weighted by Gasteiger charge is -2.66. The van der Waals surface area contributed by atoms with Gasteiger partial charge in [-0.2, -0.15) is 0 Å². The molecule has 8 N–H and O–H groups in total. The first-order valence-corrected chi connectivity index (χ1v) is 14.7. The van der Waals surface area contributed by atoms with Crippen LogP contribution in [-0.4, -0.2) is 68.1 Å². The number of fused-ring (bicyclic) bond motifs is 5. The smallest absolute Gasteiger partial charge is 0.303 e. The molecule has 4 aliphatic rings. The Bertz CT molecular complexity index is 828. The topological polar surface area (TPSA) is 156 Å². The van der Waals surface area contributed by atoms with Crippen molar-refractivity contribution in [2.24, 2.45) is 52.1 Å². The van der Waals surface area contributed by atoms with Crippen LogP contribution < -0.4 is 11.1 Å². The molecule has 214 valence electrons. The van der Waals surface area contributed by atoms with Gasteiger partial charge in [0.15, 0.2) is 0 Å². The van der Waals surface area contributed by atoms with Gasteiger partial charge >= 0.3 is 5.97 Å². The van der Waals surface area contributed by atoms with Crippen LogP contribution in [0.2, 0.25) is 0 Å². The summed E-state index contributed by atoms with van der Waals surface area (Å²) in [5.74, 6) is 0.000755. The summed E-state index contributed by atoms with van der Waals surface area (Å²) in [6.07, 6.45) is 4.93. The predicted molar refractivity (Wildman–Crippen MR) is 141 cm³/mol. The zero-order chi connectivity index (χ0) is 27.3. The quantitative estimate of drug-likeness (QED) is 0.227. The van der Waals surface area contributed by atoms with Gasteiger partial charge in [0.25, 0.3) is 0 Å². The Kier molecular flexibility index (Phi) is 8.42. The summed E-state index contributed by atoms with van der Waals surface area (Å²) >= 11 is 0. The summed E-state index contributed by atoms with van der Waals surface area (Å²) in [6.45, 7) is 8.43. The molecule has 0 aliphatic heterocycles. The molecule has 13 atom stereocenters. The van der Waals surface area contributed by atoms with Crippen LogP contribution in [0, 0.1) is 46.3 Å². The summed E-state index contributed by atoms with van der Waals surface area (Å²) in [5.41, 5.74) is 5.04. The Morgan fingerprint density at radius 3 is 2.41 bits per heavy atom. The van der Waals surface area contributed by atoms with E-state index in [0.29, 0.717) is 38.5 Å². The molecule has 4 aliphatic carbocycles. The minimum atomic E-state index is -0.935. The van der Waals surface area contributed by atoms with Gasteiger partial charge in [-0.3, -0.25) is 10.1 Å². The third-order valence-corrected chi connectivity index (χ3v) is 11.9. The third-order valence-electron chi connectivity index (χ3n) is 11.9. The van der Waals surface area contributed by atoms with Crippen LogP contribution >= 0.6 is 0 Å². The van der Waals surface area contributed by atoms with E-state index in [9.17, 15) is 30.3 Å². The maximum atomic E-state index is 11.8. The van der Waals surface area contributed by atoms with Gasteiger partial charge < -0.3 is 31.3 Å². The number of aliphatic hydroxyl groups excluding tert-OH is 4. The third kappa shape index (κ3) is 4.89. The van der Waals surface area contributed by atoms with E-state index in [0.717, 1.165) is 19.3 Å². The number of hydrogen-bond acceptors (Lipinski definition) is 7. The van der Waals surface area contributed by atoms with Crippen molar-refractivity contribution in [1.29, 1.82) is 0 Å². The number of nitrogens with two attached hydrogens (primary N) is 1. The molecule has 4 rings (SSSR count). The highest BCUT2D eigenvalue weighted by Gasteiger charge is 2.67. The van der Waals surface area contributed by atoms with E-state index >= 15 is 0 Å². The highest BCUT2D eigenvalue weighted by atomic mass is 16.4. The van der Waals surface area contributed by atoms with Crippen LogP contribution in [0.3, 0.4) is 0 Å². The van der Waals surface area contributed by atoms with Crippen LogP contribution in [-0.2, 0) is 4.79 Å². The minimum Gasteiger partial charge on any atom is -0.481 e. The molecular formula is C29H52N2O6. The highest BCUT2D eigenvalue weighted by molar-refractivity contribution is 5.66. The van der Waals surface area contributed by atoms with Crippen molar-refractivity contribution in [2.75, 3.05) is 6.61 Å². The van der Waals surface area contributed by atoms with E-state index in [4.69, 9.17) is 5.73 Å². The number of carboxylic acid groups (broad SMARTS) is 1. The molecule has 0 radical (unpaired) electrons. The molecular weight excluding hydrogens is 472 g/mol. The van der Waals surface area contributed by atoms with E-state index in [2.05, 4.69) is 26.1 Å². The van der Waals surface area contributed by atoms with Crippen LogP contribution in [0.4, 0.5) is 0 Å². The van der Waals surface area contributed by atoms with Crippen LogP contribution in [0.25, 0.3) is 0 Å². The first-order chi connectivity index (χ1) is 17.3. The molecule has 0 aromatic rings. The average Bonchev–Trinajstić information content (AvgIpc) is 3.18. The number of aliphatic carboxylic acids is 1. The van der Waals surface area contributed by atoms with Crippen molar-refractivity contribution in [3.05, 3.63) is 0 Å². The average molecular weight is 525 g/mol. The molecule has 37 heavy (non-hydrogen) atoms. The Balaban J connectivity index is 1.66. The van der Waals surface area contributed by atoms with Gasteiger partial charge in [0.2, 0.25) is 0 Å². The number of carbonyl (C=O) groups is 1. The summed E-state index contributed by atoms with van der Waals surface area (Å²) in [7, 11) is 0. The number of rotatable bonds is 9. The van der Waals surface area contributed by atoms with Gasteiger partial charge in [0.05, 0.1) is 30.6 Å². The van der Waals surface area contributed by atoms with Gasteiger partial charge in [-0.05, 0) is 97.7 Å². The van der Waals surface area contributed by atoms with Crippen molar-refractivity contribution in [1.82, 2.24) is 5.32 Å². The highest BCUT2D eigenvalue weighted by Crippen LogP contribution is 2.68. The molecule has 4 fully saturated rings. The molecule has 0 saturated heterocycles. The summed E-state index contributed by atoms with van der Waals surface area (Å²) in [4.78, 5) is 11.2. The molecule has 0 heterocycles. The summed E-state index contributed by atoms with van der Waals surface area (Å²) in [6, 6.07) is -0.131. The monoisotopic (exact) mass is 524 g/mol. The van der Waals surface area contributed by atoms with Crippen molar-refractivity contribution in [2.45, 2.75) is 122 Å². The number of aliphatic hydroxyl groups is 4. The molecule has 0 spiro atoms. The number of nitrogens with one attached hydrogen (secondary N) is 1. The number of hydrogen-bond donors (Lipinski definition) is 7. The molecule has 5 unspecified atom stereocenters. The molecule has 8 nitrogen and oxygen atoms in total. The Morgan fingerprint density at radius 1 is 1.08 bits per heavy atom. The van der Waals surface area contributed by atoms with E-state index in [1.807, 2.05) is 6.92 Å². The van der Waals surface area contributed by atoms with E-state index in [1.165, 1.54) is 0 Å². The van der Waals surface area contributed by atoms with Crippen molar-refractivity contribution < 1.29 is 30.3 Å². The zero-order valence-corrected chi connectivity index (χ0v) is 23.3. The van der Waals surface area contributed by atoms with Crippen molar-refractivity contribution in [3.8, 4) is 0 Å². The summed E-state index contributed by atoms with van der Waals surface area (Å²) < 4.78 is 0. The number of carboxylic acids is 1. The fourth-order valence-electron chi connectivity index (χ4n) is 10.00. The summed E-state index contributed by atoms with van der Waals surface area (Å²) in [5, 5.41) is 57.3. The molecule has 4 saturated carbocycles. The normalized spacial score (nSPS) is 47.9. The second kappa shape index (κ2) is 10.7. The van der Waals surface area contributed by atoms with E-state index in [1.54, 1.807) is 0 Å². The van der Waals surface area contributed by atoms with Crippen LogP contribution in [0.15, 0.2) is 0 Å². The zero-order valence-electron chi connectivity index (χ0n) is 23.3. The molecule has 0 aromatic carbocycles. The maximum Gasteiger partial charge on any atom is 0.303 e. The first-order valence-electron chi connectivity index (χ1n) is 14.7. The molecule has 8 heteroatoms. The van der Waals surface area contributed by atoms with E-state index < -0.39 is 29.9 Å². The van der Waals surface area contributed by atoms with Gasteiger partial charge in [0.1, 0.15) is 0 Å². The fourth-order valence-corrected chi connectivity index (χ4v) is 10.00. The van der Waals surface area contributed by atoms with Crippen molar-refractivity contribution >= 4 is 5.97 Å². The largest absolute Gasteiger partial charge is 0.481 e. The maximum absolute atomic E-state index is 11.8. The SMILES string of the molecule is CCCC(N)(CO)NC1C[C@@H](O)C[C@H]2C[C@@H](O)C3C(C[C@H](O)[C@@]4(C)C3CC[C@@H]4[C@H](C)CCC(=O)O)[C@@]12C. The van der Waals surface area contributed by atoms with E-state index in [-0.39, 0.29) is 65.4 Å². The Labute approximate surface area is 222 Å². The molecule has 0 aromatic heterocycles. The lowest BCUT2D eigenvalue weighted by Crippen LogP contribution is -2.71. The van der Waals surface area contributed by atoms with Gasteiger partial charge in [0, 0.05) is 12.5 Å². The minimum absolute atomic E-state index is 0.0401. The molecule has 0 amide bonds. The Hall–Kier alpha value is -0.770. The van der Waals surface area contributed by atoms with Gasteiger partial charge in [-0.15, -0.1) is 0 Å². The fraction of sp³-hybridized carbons (Fsp3) is 0.966. The lowest BCUT2D eigenvalue weighted by molar-refractivity contribution is -0.216. The predicted octanol–water partition coefficient (Wildman–Crippen LogP) is 2.46. The van der Waals surface area contributed by atoms with Crippen LogP contribution in [0.5, 0.6) is 0 Å². The second-order valence-corrected chi connectivity index (χ2v) is 13.8. The standard InChI is InChI=1S/C29H52N2O6/c1-5-10-29(30,15-32)31-23-13-18(33)11-17-12-22(34)26-20-8-7-19(16(2)6-9-25(36)37)28(20,4)24(35)14-21(26)27(17,23)3/h16-24,26,31-35H,5-15,30H2,1-4H3,(H,36,37)/t16-,17+,18+,19-,20?,21?,22-,23?,24+,26?,27+,28-,29?/m1/s1. The lowest BCUT2D eigenvalue weighted by atomic mass is 9.42. The van der Waals surface area contributed by atoms with Gasteiger partial charge in [-0.1, -0.05) is 34.1 Å². The van der Waals surface area contributed by atoms with Gasteiger partial charge in [-0.25, -0.2) is 0 Å².